The molecule has 5 heteroatoms. The highest BCUT2D eigenvalue weighted by atomic mass is 32.2. The lowest BCUT2D eigenvalue weighted by Crippen LogP contribution is -2.26. The molecular weight excluding hydrogens is 334 g/mol. The van der Waals surface area contributed by atoms with Crippen LogP contribution in [0, 0.1) is 5.92 Å². The second-order valence-electron chi connectivity index (χ2n) is 6.21. The molecule has 0 saturated carbocycles. The van der Waals surface area contributed by atoms with Crippen LogP contribution in [0.3, 0.4) is 0 Å². The van der Waals surface area contributed by atoms with E-state index < -0.39 is 0 Å². The minimum absolute atomic E-state index is 0.0469. The first-order valence-corrected chi connectivity index (χ1v) is 9.19. The van der Waals surface area contributed by atoms with Gasteiger partial charge in [-0.1, -0.05) is 49.0 Å². The Kier molecular flexibility index (Phi) is 5.43. The van der Waals surface area contributed by atoms with Crippen LogP contribution in [0.2, 0.25) is 0 Å². The molecule has 2 aromatic carbocycles. The Morgan fingerprint density at radius 2 is 1.76 bits per heavy atom. The molecule has 2 atom stereocenters. The highest BCUT2D eigenvalue weighted by Crippen LogP contribution is 2.30. The van der Waals surface area contributed by atoms with E-state index in [9.17, 15) is 9.59 Å². The van der Waals surface area contributed by atoms with Crippen LogP contribution in [-0.4, -0.2) is 27.7 Å². The number of amides is 1. The molecule has 0 aromatic heterocycles. The smallest absolute Gasteiger partial charge is 0.226 e. The zero-order chi connectivity index (χ0) is 17.8. The van der Waals surface area contributed by atoms with E-state index >= 15 is 0 Å². The van der Waals surface area contributed by atoms with Crippen LogP contribution >= 0.6 is 11.8 Å². The summed E-state index contributed by atoms with van der Waals surface area (Å²) in [6.45, 7) is 4.63. The average Bonchev–Trinajstić information content (AvgIpc) is 2.85. The fraction of sp³-hybridized carbons (Fsp3) is 0.300. The summed E-state index contributed by atoms with van der Waals surface area (Å²) in [5.41, 5.74) is 1.05. The van der Waals surface area contributed by atoms with Gasteiger partial charge in [-0.15, -0.1) is 0 Å². The van der Waals surface area contributed by atoms with Gasteiger partial charge in [0.05, 0.1) is 0 Å². The number of hydrogen-bond donors (Lipinski definition) is 0. The molecule has 0 spiro atoms. The molecule has 2 aromatic rings. The first-order chi connectivity index (χ1) is 12.0. The van der Waals surface area contributed by atoms with Gasteiger partial charge in [0.15, 0.2) is 5.12 Å². The van der Waals surface area contributed by atoms with E-state index in [4.69, 9.17) is 4.74 Å². The van der Waals surface area contributed by atoms with Crippen molar-refractivity contribution in [2.75, 3.05) is 6.54 Å². The molecule has 0 aliphatic carbocycles. The number of ether oxygens (including phenoxy) is 1. The molecule has 0 bridgehead atoms. The first kappa shape index (κ1) is 17.5. The van der Waals surface area contributed by atoms with Crippen LogP contribution in [0.5, 0.6) is 11.5 Å². The number of carbonyl (C=O) groups excluding carboxylic acids is 2. The number of para-hydroxylation sites is 1. The van der Waals surface area contributed by atoms with Gasteiger partial charge in [0, 0.05) is 31.2 Å². The summed E-state index contributed by atoms with van der Waals surface area (Å²) in [6, 6.07) is 17.4. The first-order valence-electron chi connectivity index (χ1n) is 8.31. The quantitative estimate of drug-likeness (QED) is 0.810. The standard InChI is InChI=1S/C20H21NO3S/c1-14-19(25-15(2)22)13-21(20(14)23)12-16-8-10-18(11-9-16)24-17-6-4-3-5-7-17/h3-11,14,19H,12-13H2,1-2H3/t14-,19+/m0/s1. The fourth-order valence-corrected chi connectivity index (χ4v) is 3.92. The summed E-state index contributed by atoms with van der Waals surface area (Å²) in [7, 11) is 0. The molecule has 1 aliphatic rings. The van der Waals surface area contributed by atoms with Crippen LogP contribution in [0.25, 0.3) is 0 Å². The summed E-state index contributed by atoms with van der Waals surface area (Å²) < 4.78 is 5.78. The molecule has 130 valence electrons. The maximum absolute atomic E-state index is 12.4. The van der Waals surface area contributed by atoms with E-state index in [0.717, 1.165) is 17.1 Å². The Bertz CT molecular complexity index is 745. The normalized spacial score (nSPS) is 19.9. The van der Waals surface area contributed by atoms with Crippen molar-refractivity contribution in [1.29, 1.82) is 0 Å². The van der Waals surface area contributed by atoms with E-state index in [1.807, 2.05) is 66.4 Å². The van der Waals surface area contributed by atoms with Crippen molar-refractivity contribution < 1.29 is 14.3 Å². The third kappa shape index (κ3) is 4.42. The van der Waals surface area contributed by atoms with Crippen LogP contribution in [-0.2, 0) is 16.1 Å². The number of rotatable bonds is 5. The zero-order valence-corrected chi connectivity index (χ0v) is 15.2. The lowest BCUT2D eigenvalue weighted by Gasteiger charge is -2.16. The number of likely N-dealkylation sites (tertiary alicyclic amines) is 1. The molecule has 1 aliphatic heterocycles. The molecule has 1 saturated heterocycles. The van der Waals surface area contributed by atoms with Gasteiger partial charge in [-0.2, -0.15) is 0 Å². The molecule has 1 amide bonds. The number of hydrogen-bond acceptors (Lipinski definition) is 4. The Balaban J connectivity index is 1.61. The lowest BCUT2D eigenvalue weighted by molar-refractivity contribution is -0.131. The zero-order valence-electron chi connectivity index (χ0n) is 14.3. The maximum atomic E-state index is 12.4. The molecule has 0 radical (unpaired) electrons. The van der Waals surface area contributed by atoms with Gasteiger partial charge < -0.3 is 9.64 Å². The van der Waals surface area contributed by atoms with Crippen molar-refractivity contribution in [1.82, 2.24) is 4.90 Å². The van der Waals surface area contributed by atoms with Gasteiger partial charge in [0.25, 0.3) is 0 Å². The van der Waals surface area contributed by atoms with E-state index in [0.29, 0.717) is 13.1 Å². The Hall–Kier alpha value is -2.27. The van der Waals surface area contributed by atoms with Crippen molar-refractivity contribution in [3.05, 3.63) is 60.2 Å². The number of nitrogens with zero attached hydrogens (tertiary/aromatic N) is 1. The summed E-state index contributed by atoms with van der Waals surface area (Å²) in [6.07, 6.45) is 0. The predicted octanol–water partition coefficient (Wildman–Crippen LogP) is 4.11. The second kappa shape index (κ2) is 7.74. The number of carbonyl (C=O) groups is 2. The van der Waals surface area contributed by atoms with Crippen LogP contribution in [0.1, 0.15) is 19.4 Å². The topological polar surface area (TPSA) is 46.6 Å². The minimum atomic E-state index is -0.116. The average molecular weight is 355 g/mol. The second-order valence-corrected chi connectivity index (χ2v) is 7.63. The van der Waals surface area contributed by atoms with E-state index in [2.05, 4.69) is 0 Å². The maximum Gasteiger partial charge on any atom is 0.226 e. The van der Waals surface area contributed by atoms with Crippen molar-refractivity contribution >= 4 is 22.8 Å². The largest absolute Gasteiger partial charge is 0.457 e. The lowest BCUT2D eigenvalue weighted by atomic mass is 10.1. The minimum Gasteiger partial charge on any atom is -0.457 e. The summed E-state index contributed by atoms with van der Waals surface area (Å²) >= 11 is 1.27. The predicted molar refractivity (Wildman–Crippen MR) is 99.6 cm³/mol. The van der Waals surface area contributed by atoms with Crippen molar-refractivity contribution in [2.45, 2.75) is 25.6 Å². The monoisotopic (exact) mass is 355 g/mol. The summed E-state index contributed by atoms with van der Waals surface area (Å²) in [5, 5.41) is 0.111. The highest BCUT2D eigenvalue weighted by Gasteiger charge is 2.38. The van der Waals surface area contributed by atoms with Crippen LogP contribution in [0.4, 0.5) is 0 Å². The van der Waals surface area contributed by atoms with Crippen molar-refractivity contribution in [2.24, 2.45) is 5.92 Å². The van der Waals surface area contributed by atoms with Gasteiger partial charge in [0.1, 0.15) is 11.5 Å². The fourth-order valence-electron chi connectivity index (χ4n) is 2.92. The molecular formula is C20H21NO3S. The highest BCUT2D eigenvalue weighted by molar-refractivity contribution is 8.14. The Morgan fingerprint density at radius 3 is 2.40 bits per heavy atom. The number of benzene rings is 2. The molecule has 1 fully saturated rings. The van der Waals surface area contributed by atoms with Crippen LogP contribution < -0.4 is 4.74 Å². The SMILES string of the molecule is CC(=O)S[C@@H]1CN(Cc2ccc(Oc3ccccc3)cc2)C(=O)[C@H]1C. The number of thioether (sulfide) groups is 1. The molecule has 1 heterocycles. The van der Waals surface area contributed by atoms with Crippen LogP contribution in [0.15, 0.2) is 54.6 Å². The van der Waals surface area contributed by atoms with Gasteiger partial charge in [-0.25, -0.2) is 0 Å². The van der Waals surface area contributed by atoms with Gasteiger partial charge in [-0.05, 0) is 29.8 Å². The molecule has 3 rings (SSSR count). The Labute approximate surface area is 152 Å². The van der Waals surface area contributed by atoms with Gasteiger partial charge in [-0.3, -0.25) is 9.59 Å². The Morgan fingerprint density at radius 1 is 1.12 bits per heavy atom. The molecule has 25 heavy (non-hydrogen) atoms. The van der Waals surface area contributed by atoms with E-state index in [1.165, 1.54) is 11.8 Å². The molecule has 0 unspecified atom stereocenters. The summed E-state index contributed by atoms with van der Waals surface area (Å²) in [5.74, 6) is 1.56. The van der Waals surface area contributed by atoms with Gasteiger partial charge >= 0.3 is 0 Å². The third-order valence-electron chi connectivity index (χ3n) is 4.25. The van der Waals surface area contributed by atoms with E-state index in [-0.39, 0.29) is 22.2 Å². The van der Waals surface area contributed by atoms with E-state index in [1.54, 1.807) is 6.92 Å². The van der Waals surface area contributed by atoms with Crippen molar-refractivity contribution in [3.63, 3.8) is 0 Å². The third-order valence-corrected chi connectivity index (χ3v) is 5.44. The summed E-state index contributed by atoms with van der Waals surface area (Å²) in [4.78, 5) is 25.5. The molecule has 4 nitrogen and oxygen atoms in total. The van der Waals surface area contributed by atoms with Gasteiger partial charge in [0.2, 0.25) is 5.91 Å². The van der Waals surface area contributed by atoms with Crippen molar-refractivity contribution in [3.8, 4) is 11.5 Å². The molecule has 0 N–H and O–H groups in total.